The maximum Gasteiger partial charge on any atom is 0.0434 e. The molecular formula is C14H24O. The lowest BCUT2D eigenvalue weighted by molar-refractivity contribution is 0.287. The first-order valence-corrected chi connectivity index (χ1v) is 5.98. The molecule has 0 aromatic carbocycles. The molecule has 0 saturated heterocycles. The van der Waals surface area contributed by atoms with Gasteiger partial charge in [-0.3, -0.25) is 0 Å². The van der Waals surface area contributed by atoms with E-state index in [2.05, 4.69) is 27.4 Å². The zero-order chi connectivity index (χ0) is 11.5. The van der Waals surface area contributed by atoms with Crippen LogP contribution in [0.3, 0.4) is 0 Å². The smallest absolute Gasteiger partial charge is 0.0434 e. The first-order chi connectivity index (χ1) is 6.99. The Morgan fingerprint density at radius 1 is 1.47 bits per heavy atom. The van der Waals surface area contributed by atoms with Crippen molar-refractivity contribution in [3.63, 3.8) is 0 Å². The first kappa shape index (κ1) is 12.5. The van der Waals surface area contributed by atoms with E-state index in [-0.39, 0.29) is 12.0 Å². The van der Waals surface area contributed by atoms with Crippen molar-refractivity contribution < 1.29 is 5.11 Å². The summed E-state index contributed by atoms with van der Waals surface area (Å²) >= 11 is 0. The van der Waals surface area contributed by atoms with Crippen LogP contribution in [0.5, 0.6) is 0 Å². The van der Waals surface area contributed by atoms with E-state index in [4.69, 9.17) is 5.11 Å². The molecule has 0 amide bonds. The van der Waals surface area contributed by atoms with Crippen molar-refractivity contribution in [1.82, 2.24) is 0 Å². The molecule has 0 aromatic rings. The molecular weight excluding hydrogens is 184 g/mol. The van der Waals surface area contributed by atoms with Gasteiger partial charge in [0.15, 0.2) is 0 Å². The molecule has 0 spiro atoms. The molecule has 0 bridgehead atoms. The molecule has 0 radical (unpaired) electrons. The molecule has 0 saturated carbocycles. The number of aliphatic hydroxyl groups excluding tert-OH is 1. The number of allylic oxidation sites excluding steroid dienone is 3. The van der Waals surface area contributed by atoms with E-state index in [0.29, 0.717) is 0 Å². The zero-order valence-electron chi connectivity index (χ0n) is 10.4. The first-order valence-electron chi connectivity index (χ1n) is 5.98. The van der Waals surface area contributed by atoms with Crippen molar-refractivity contribution in [1.29, 1.82) is 0 Å². The fraction of sp³-hybridized carbons (Fsp3) is 0.714. The third kappa shape index (κ3) is 2.94. The van der Waals surface area contributed by atoms with Gasteiger partial charge in [-0.2, -0.15) is 0 Å². The second kappa shape index (κ2) is 4.98. The molecule has 1 aliphatic carbocycles. The zero-order valence-corrected chi connectivity index (χ0v) is 10.4. The van der Waals surface area contributed by atoms with Gasteiger partial charge in [0.2, 0.25) is 0 Å². The van der Waals surface area contributed by atoms with Gasteiger partial charge in [-0.25, -0.2) is 0 Å². The molecule has 1 rings (SSSR count). The Labute approximate surface area is 93.9 Å². The Balaban J connectivity index is 2.83. The van der Waals surface area contributed by atoms with Gasteiger partial charge >= 0.3 is 0 Å². The Morgan fingerprint density at radius 3 is 2.67 bits per heavy atom. The molecule has 1 N–H and O–H groups in total. The van der Waals surface area contributed by atoms with E-state index < -0.39 is 0 Å². The second-order valence-corrected chi connectivity index (χ2v) is 5.32. The van der Waals surface area contributed by atoms with Crippen LogP contribution in [0.4, 0.5) is 0 Å². The topological polar surface area (TPSA) is 20.2 Å². The van der Waals surface area contributed by atoms with E-state index in [1.807, 2.05) is 0 Å². The molecule has 1 aliphatic rings. The highest BCUT2D eigenvalue weighted by Gasteiger charge is 2.29. The molecule has 1 nitrogen and oxygen atoms in total. The molecule has 15 heavy (non-hydrogen) atoms. The number of aliphatic hydroxyl groups is 1. The van der Waals surface area contributed by atoms with Crippen molar-refractivity contribution in [2.24, 2.45) is 5.41 Å². The minimum atomic E-state index is 0.270. The van der Waals surface area contributed by atoms with Gasteiger partial charge in [0.05, 0.1) is 0 Å². The van der Waals surface area contributed by atoms with E-state index in [1.54, 1.807) is 0 Å². The fourth-order valence-corrected chi connectivity index (χ4v) is 2.82. The quantitative estimate of drug-likeness (QED) is 0.744. The average Bonchev–Trinajstić information content (AvgIpc) is 2.13. The molecule has 86 valence electrons. The summed E-state index contributed by atoms with van der Waals surface area (Å²) in [7, 11) is 0. The fourth-order valence-electron chi connectivity index (χ4n) is 2.82. The summed E-state index contributed by atoms with van der Waals surface area (Å²) < 4.78 is 0. The molecule has 0 aliphatic heterocycles. The minimum Gasteiger partial charge on any atom is -0.396 e. The lowest BCUT2D eigenvalue weighted by atomic mass is 9.69. The average molecular weight is 208 g/mol. The van der Waals surface area contributed by atoms with Crippen LogP contribution in [-0.2, 0) is 0 Å². The van der Waals surface area contributed by atoms with E-state index in [9.17, 15) is 0 Å². The maximum atomic E-state index is 8.85. The summed E-state index contributed by atoms with van der Waals surface area (Å²) in [6.07, 6.45) is 5.56. The van der Waals surface area contributed by atoms with Crippen LogP contribution in [0.2, 0.25) is 0 Å². The van der Waals surface area contributed by atoms with Crippen LogP contribution in [-0.4, -0.2) is 11.7 Å². The summed E-state index contributed by atoms with van der Waals surface area (Å²) in [5.74, 6) is 0. The minimum absolute atomic E-state index is 0.270. The van der Waals surface area contributed by atoms with Gasteiger partial charge in [0.1, 0.15) is 0 Å². The highest BCUT2D eigenvalue weighted by atomic mass is 16.2. The summed E-state index contributed by atoms with van der Waals surface area (Å²) in [4.78, 5) is 0. The Kier molecular flexibility index (Phi) is 4.15. The lowest BCUT2D eigenvalue weighted by Crippen LogP contribution is -2.21. The van der Waals surface area contributed by atoms with Crippen molar-refractivity contribution >= 4 is 0 Å². The highest BCUT2D eigenvalue weighted by molar-refractivity contribution is 5.39. The normalized spacial score (nSPS) is 20.5. The number of rotatable bonds is 4. The third-order valence-electron chi connectivity index (χ3n) is 3.45. The van der Waals surface area contributed by atoms with Gasteiger partial charge < -0.3 is 5.11 Å². The van der Waals surface area contributed by atoms with Crippen LogP contribution in [0.1, 0.15) is 52.9 Å². The molecule has 0 atom stereocenters. The summed E-state index contributed by atoms with van der Waals surface area (Å²) in [5.41, 5.74) is 4.51. The van der Waals surface area contributed by atoms with Gasteiger partial charge in [0, 0.05) is 6.61 Å². The van der Waals surface area contributed by atoms with Crippen LogP contribution in [0, 0.1) is 5.41 Å². The number of hydrogen-bond donors (Lipinski definition) is 1. The van der Waals surface area contributed by atoms with E-state index in [1.165, 1.54) is 36.0 Å². The van der Waals surface area contributed by atoms with E-state index in [0.717, 1.165) is 12.8 Å². The second-order valence-electron chi connectivity index (χ2n) is 5.32. The van der Waals surface area contributed by atoms with Crippen molar-refractivity contribution in [3.05, 3.63) is 23.3 Å². The van der Waals surface area contributed by atoms with Crippen molar-refractivity contribution in [2.45, 2.75) is 52.9 Å². The molecule has 0 unspecified atom stereocenters. The maximum absolute atomic E-state index is 8.85. The summed E-state index contributed by atoms with van der Waals surface area (Å²) in [6, 6.07) is 0. The molecule has 0 fully saturated rings. The van der Waals surface area contributed by atoms with Crippen LogP contribution in [0.15, 0.2) is 23.3 Å². The Hall–Kier alpha value is -0.560. The van der Waals surface area contributed by atoms with E-state index >= 15 is 0 Å². The third-order valence-corrected chi connectivity index (χ3v) is 3.45. The monoisotopic (exact) mass is 208 g/mol. The molecule has 0 aromatic heterocycles. The van der Waals surface area contributed by atoms with Crippen molar-refractivity contribution in [3.8, 4) is 0 Å². The van der Waals surface area contributed by atoms with Crippen LogP contribution in [0.25, 0.3) is 0 Å². The predicted molar refractivity (Wildman–Crippen MR) is 65.8 cm³/mol. The Bertz CT molecular complexity index is 271. The number of hydrogen-bond acceptors (Lipinski definition) is 1. The van der Waals surface area contributed by atoms with Gasteiger partial charge in [-0.1, -0.05) is 31.6 Å². The molecule has 0 heterocycles. The van der Waals surface area contributed by atoms with Gasteiger partial charge in [-0.05, 0) is 50.0 Å². The Morgan fingerprint density at radius 2 is 2.13 bits per heavy atom. The largest absolute Gasteiger partial charge is 0.396 e. The highest BCUT2D eigenvalue weighted by Crippen LogP contribution is 2.44. The summed E-state index contributed by atoms with van der Waals surface area (Å²) in [5, 5.41) is 8.85. The SMILES string of the molecule is C=C(CCCO)C1=C(C)CCCC1(C)C. The van der Waals surface area contributed by atoms with Gasteiger partial charge in [-0.15, -0.1) is 0 Å². The van der Waals surface area contributed by atoms with Gasteiger partial charge in [0.25, 0.3) is 0 Å². The predicted octanol–water partition coefficient (Wildman–Crippen LogP) is 3.84. The van der Waals surface area contributed by atoms with Crippen LogP contribution >= 0.6 is 0 Å². The summed E-state index contributed by atoms with van der Waals surface area (Å²) in [6.45, 7) is 11.3. The standard InChI is InChI=1S/C14H24O/c1-11-7-5-9-14(3,4)13(11)12(2)8-6-10-15/h15H,2,5-10H2,1,3-4H3. The van der Waals surface area contributed by atoms with Crippen LogP contribution < -0.4 is 0 Å². The molecule has 1 heteroatoms. The van der Waals surface area contributed by atoms with Crippen molar-refractivity contribution in [2.75, 3.05) is 6.61 Å². The lowest BCUT2D eigenvalue weighted by Gasteiger charge is -2.35.